The largest absolute Gasteiger partial charge is 0.394 e. The van der Waals surface area contributed by atoms with E-state index in [1.165, 1.54) is 6.42 Å². The Morgan fingerprint density at radius 3 is 2.19 bits per heavy atom. The second-order valence-electron chi connectivity index (χ2n) is 4.36. The van der Waals surface area contributed by atoms with Crippen molar-refractivity contribution >= 4 is 0 Å². The third kappa shape index (κ3) is 8.08. The lowest BCUT2D eigenvalue weighted by molar-refractivity contribution is -0.0629. The lowest BCUT2D eigenvalue weighted by Gasteiger charge is -2.22. The number of unbranched alkanes of at least 4 members (excludes halogenated alkanes) is 4. The molecule has 0 bridgehead atoms. The normalized spacial score (nSPS) is 15.0. The minimum absolute atomic E-state index is 0.187. The highest BCUT2D eigenvalue weighted by atomic mass is 16.5. The molecule has 3 nitrogen and oxygen atoms in total. The van der Waals surface area contributed by atoms with Crippen molar-refractivity contribution in [3.63, 3.8) is 0 Å². The van der Waals surface area contributed by atoms with Crippen LogP contribution in [0.4, 0.5) is 0 Å². The summed E-state index contributed by atoms with van der Waals surface area (Å²) in [5, 5.41) is 18.5. The fourth-order valence-corrected chi connectivity index (χ4v) is 1.69. The van der Waals surface area contributed by atoms with Crippen molar-refractivity contribution in [3.05, 3.63) is 0 Å². The maximum absolute atomic E-state index is 9.60. The number of hydrogen-bond acceptors (Lipinski definition) is 3. The molecular formula is C13H28O3. The summed E-state index contributed by atoms with van der Waals surface area (Å²) in [6.45, 7) is 4.80. The van der Waals surface area contributed by atoms with Gasteiger partial charge in [0, 0.05) is 6.61 Å². The van der Waals surface area contributed by atoms with Crippen LogP contribution in [-0.4, -0.2) is 35.6 Å². The fourth-order valence-electron chi connectivity index (χ4n) is 1.69. The van der Waals surface area contributed by atoms with Gasteiger partial charge in [-0.15, -0.1) is 0 Å². The van der Waals surface area contributed by atoms with Gasteiger partial charge in [-0.1, -0.05) is 46.0 Å². The van der Waals surface area contributed by atoms with E-state index in [4.69, 9.17) is 9.84 Å². The van der Waals surface area contributed by atoms with Crippen LogP contribution < -0.4 is 0 Å². The Labute approximate surface area is 99.8 Å². The van der Waals surface area contributed by atoms with Crippen molar-refractivity contribution in [3.8, 4) is 0 Å². The van der Waals surface area contributed by atoms with Gasteiger partial charge in [-0.2, -0.15) is 0 Å². The van der Waals surface area contributed by atoms with E-state index >= 15 is 0 Å². The molecule has 0 saturated carbocycles. The van der Waals surface area contributed by atoms with Crippen molar-refractivity contribution in [1.82, 2.24) is 0 Å². The number of hydrogen-bond donors (Lipinski definition) is 2. The van der Waals surface area contributed by atoms with Crippen LogP contribution in [0.2, 0.25) is 0 Å². The van der Waals surface area contributed by atoms with E-state index in [0.717, 1.165) is 38.5 Å². The van der Waals surface area contributed by atoms with Crippen molar-refractivity contribution in [2.75, 3.05) is 13.2 Å². The smallest absolute Gasteiger partial charge is 0.103 e. The Morgan fingerprint density at radius 1 is 1.00 bits per heavy atom. The van der Waals surface area contributed by atoms with Crippen LogP contribution in [0.5, 0.6) is 0 Å². The quantitative estimate of drug-likeness (QED) is 0.538. The summed E-state index contributed by atoms with van der Waals surface area (Å²) in [5.41, 5.74) is 0. The first-order valence-corrected chi connectivity index (χ1v) is 6.66. The first-order valence-electron chi connectivity index (χ1n) is 6.66. The predicted molar refractivity (Wildman–Crippen MR) is 66.5 cm³/mol. The molecule has 0 spiro atoms. The molecule has 3 heteroatoms. The summed E-state index contributed by atoms with van der Waals surface area (Å²) in [5.74, 6) is 0. The van der Waals surface area contributed by atoms with Gasteiger partial charge in [-0.3, -0.25) is 0 Å². The Morgan fingerprint density at radius 2 is 1.62 bits per heavy atom. The second kappa shape index (κ2) is 11.4. The maximum atomic E-state index is 9.60. The molecule has 0 aliphatic rings. The van der Waals surface area contributed by atoms with Crippen molar-refractivity contribution in [2.45, 2.75) is 71.0 Å². The summed E-state index contributed by atoms with van der Waals surface area (Å²) < 4.78 is 5.63. The van der Waals surface area contributed by atoms with Crippen molar-refractivity contribution in [2.24, 2.45) is 0 Å². The van der Waals surface area contributed by atoms with Crippen LogP contribution in [0.15, 0.2) is 0 Å². The molecule has 0 aromatic rings. The highest BCUT2D eigenvalue weighted by Crippen LogP contribution is 2.11. The van der Waals surface area contributed by atoms with E-state index in [1.807, 2.05) is 0 Å². The topological polar surface area (TPSA) is 49.7 Å². The zero-order valence-corrected chi connectivity index (χ0v) is 10.8. The number of rotatable bonds is 11. The minimum atomic E-state index is -0.724. The van der Waals surface area contributed by atoms with Crippen molar-refractivity contribution in [1.29, 1.82) is 0 Å². The molecule has 0 rings (SSSR count). The molecule has 0 aromatic carbocycles. The lowest BCUT2D eigenvalue weighted by Crippen LogP contribution is -2.32. The van der Waals surface area contributed by atoms with Gasteiger partial charge in [0.25, 0.3) is 0 Å². The average Bonchev–Trinajstić information content (AvgIpc) is 2.31. The average molecular weight is 232 g/mol. The molecule has 98 valence electrons. The first-order chi connectivity index (χ1) is 7.76. The van der Waals surface area contributed by atoms with E-state index in [0.29, 0.717) is 6.61 Å². The third-order valence-corrected chi connectivity index (χ3v) is 2.79. The molecule has 0 aliphatic heterocycles. The molecule has 0 saturated heterocycles. The molecule has 0 amide bonds. The molecule has 0 aromatic heterocycles. The third-order valence-electron chi connectivity index (χ3n) is 2.79. The Balaban J connectivity index is 3.72. The van der Waals surface area contributed by atoms with Gasteiger partial charge in [0.1, 0.15) is 6.10 Å². The molecule has 2 unspecified atom stereocenters. The van der Waals surface area contributed by atoms with Gasteiger partial charge in [-0.25, -0.2) is 0 Å². The van der Waals surface area contributed by atoms with Gasteiger partial charge >= 0.3 is 0 Å². The second-order valence-corrected chi connectivity index (χ2v) is 4.36. The van der Waals surface area contributed by atoms with Gasteiger partial charge in [0.15, 0.2) is 0 Å². The predicted octanol–water partition coefficient (Wildman–Crippen LogP) is 2.50. The van der Waals surface area contributed by atoms with E-state index in [2.05, 4.69) is 13.8 Å². The van der Waals surface area contributed by atoms with E-state index in [9.17, 15) is 5.11 Å². The Kier molecular flexibility index (Phi) is 11.3. The summed E-state index contributed by atoms with van der Waals surface area (Å²) in [7, 11) is 0. The summed E-state index contributed by atoms with van der Waals surface area (Å²) in [4.78, 5) is 0. The zero-order valence-electron chi connectivity index (χ0n) is 10.8. The lowest BCUT2D eigenvalue weighted by atomic mass is 10.1. The van der Waals surface area contributed by atoms with Crippen LogP contribution in [0.3, 0.4) is 0 Å². The monoisotopic (exact) mass is 232 g/mol. The summed E-state index contributed by atoms with van der Waals surface area (Å²) in [6.07, 6.45) is 6.70. The maximum Gasteiger partial charge on any atom is 0.103 e. The molecule has 0 fully saturated rings. The van der Waals surface area contributed by atoms with E-state index in [1.54, 1.807) is 0 Å². The molecule has 0 radical (unpaired) electrons. The SMILES string of the molecule is CCCCCOC(CCCCC)C(O)CO. The van der Waals surface area contributed by atoms with E-state index < -0.39 is 6.10 Å². The summed E-state index contributed by atoms with van der Waals surface area (Å²) in [6, 6.07) is 0. The molecule has 0 aliphatic carbocycles. The number of aliphatic hydroxyl groups excluding tert-OH is 2. The molecule has 0 heterocycles. The van der Waals surface area contributed by atoms with Crippen LogP contribution in [0.25, 0.3) is 0 Å². The van der Waals surface area contributed by atoms with Crippen LogP contribution in [0, 0.1) is 0 Å². The molecular weight excluding hydrogens is 204 g/mol. The van der Waals surface area contributed by atoms with Crippen molar-refractivity contribution < 1.29 is 14.9 Å². The summed E-state index contributed by atoms with van der Waals surface area (Å²) >= 11 is 0. The van der Waals surface area contributed by atoms with Gasteiger partial charge in [0.2, 0.25) is 0 Å². The van der Waals surface area contributed by atoms with Crippen LogP contribution in [-0.2, 0) is 4.74 Å². The number of ether oxygens (including phenoxy) is 1. The van der Waals surface area contributed by atoms with Crippen LogP contribution in [0.1, 0.15) is 58.8 Å². The number of aliphatic hydroxyl groups is 2. The first kappa shape index (κ1) is 15.9. The Hall–Kier alpha value is -0.120. The molecule has 16 heavy (non-hydrogen) atoms. The molecule has 2 atom stereocenters. The van der Waals surface area contributed by atoms with Gasteiger partial charge < -0.3 is 14.9 Å². The zero-order chi connectivity index (χ0) is 12.2. The van der Waals surface area contributed by atoms with Gasteiger partial charge in [0.05, 0.1) is 12.7 Å². The van der Waals surface area contributed by atoms with Crippen LogP contribution >= 0.6 is 0 Å². The molecule has 2 N–H and O–H groups in total. The fraction of sp³-hybridized carbons (Fsp3) is 1.00. The highest BCUT2D eigenvalue weighted by Gasteiger charge is 2.18. The highest BCUT2D eigenvalue weighted by molar-refractivity contribution is 4.68. The Bertz CT molecular complexity index is 139. The van der Waals surface area contributed by atoms with E-state index in [-0.39, 0.29) is 12.7 Å². The van der Waals surface area contributed by atoms with Gasteiger partial charge in [-0.05, 0) is 12.8 Å². The standard InChI is InChI=1S/C13H28O3/c1-3-5-7-9-13(12(15)11-14)16-10-8-6-4-2/h12-15H,3-11H2,1-2H3. The minimum Gasteiger partial charge on any atom is -0.394 e.